The van der Waals surface area contributed by atoms with E-state index in [2.05, 4.69) is 15.4 Å². The van der Waals surface area contributed by atoms with E-state index in [-0.39, 0.29) is 11.4 Å². The lowest BCUT2D eigenvalue weighted by atomic mass is 10.2. The Morgan fingerprint density at radius 3 is 2.29 bits per heavy atom. The van der Waals surface area contributed by atoms with Crippen LogP contribution in [-0.4, -0.2) is 12.9 Å². The van der Waals surface area contributed by atoms with Crippen molar-refractivity contribution in [3.05, 3.63) is 35.4 Å². The van der Waals surface area contributed by atoms with Crippen LogP contribution in [-0.2, 0) is 0 Å². The maximum Gasteiger partial charge on any atom is 0.155 e. The first-order valence-electron chi connectivity index (χ1n) is 3.72. The third kappa shape index (κ3) is 2.58. The van der Waals surface area contributed by atoms with Crippen molar-refractivity contribution in [1.82, 2.24) is 0 Å². The maximum absolute atomic E-state index is 12.7. The largest absolute Gasteiger partial charge is 0.382 e. The van der Waals surface area contributed by atoms with E-state index in [1.807, 2.05) is 0 Å². The fourth-order valence-corrected chi connectivity index (χ4v) is 0.852. The molecular formula is C8H8F2N4. The molecule has 0 amide bonds. The van der Waals surface area contributed by atoms with Crippen molar-refractivity contribution >= 4 is 5.84 Å². The third-order valence-electron chi connectivity index (χ3n) is 1.40. The molecule has 0 fully saturated rings. The van der Waals surface area contributed by atoms with Crippen LogP contribution in [0.2, 0.25) is 0 Å². The van der Waals surface area contributed by atoms with Crippen LogP contribution in [0.5, 0.6) is 0 Å². The molecule has 0 spiro atoms. The Labute approximate surface area is 79.1 Å². The predicted molar refractivity (Wildman–Crippen MR) is 47.9 cm³/mol. The molecule has 4 nitrogen and oxygen atoms in total. The molecule has 0 saturated heterocycles. The number of hydrogen-bond acceptors (Lipinski definition) is 2. The van der Waals surface area contributed by atoms with Gasteiger partial charge in [0.05, 0.1) is 7.05 Å². The monoisotopic (exact) mass is 198 g/mol. The van der Waals surface area contributed by atoms with E-state index in [4.69, 9.17) is 5.73 Å². The molecule has 0 aromatic heterocycles. The van der Waals surface area contributed by atoms with Crippen molar-refractivity contribution in [2.24, 2.45) is 21.2 Å². The Bertz CT molecular complexity index is 367. The van der Waals surface area contributed by atoms with E-state index in [1.165, 1.54) is 7.05 Å². The summed E-state index contributed by atoms with van der Waals surface area (Å²) in [5.74, 6) is -1.52. The lowest BCUT2D eigenvalue weighted by Gasteiger charge is -1.98. The molecule has 6 heteroatoms. The molecular weight excluding hydrogens is 190 g/mol. The van der Waals surface area contributed by atoms with E-state index >= 15 is 0 Å². The zero-order valence-corrected chi connectivity index (χ0v) is 7.41. The lowest BCUT2D eigenvalue weighted by Crippen LogP contribution is -2.13. The Morgan fingerprint density at radius 2 is 1.79 bits per heavy atom. The number of nitrogens with two attached hydrogens (primary N) is 1. The van der Waals surface area contributed by atoms with Gasteiger partial charge in [0.25, 0.3) is 0 Å². The van der Waals surface area contributed by atoms with Crippen LogP contribution in [0.4, 0.5) is 8.78 Å². The van der Waals surface area contributed by atoms with Gasteiger partial charge in [0.1, 0.15) is 11.6 Å². The number of amidine groups is 1. The number of halogens is 2. The second-order valence-electron chi connectivity index (χ2n) is 2.43. The summed E-state index contributed by atoms with van der Waals surface area (Å²) in [7, 11) is 1.41. The minimum absolute atomic E-state index is 0.0889. The summed E-state index contributed by atoms with van der Waals surface area (Å²) in [6.07, 6.45) is 0. The molecule has 0 aliphatic rings. The van der Waals surface area contributed by atoms with Crippen molar-refractivity contribution in [3.63, 3.8) is 0 Å². The molecule has 0 aliphatic heterocycles. The molecule has 74 valence electrons. The van der Waals surface area contributed by atoms with Crippen LogP contribution >= 0.6 is 0 Å². The van der Waals surface area contributed by atoms with Gasteiger partial charge in [0.15, 0.2) is 5.84 Å². The van der Waals surface area contributed by atoms with Gasteiger partial charge in [-0.3, -0.25) is 0 Å². The molecule has 0 heterocycles. The molecule has 0 radical (unpaired) electrons. The average molecular weight is 198 g/mol. The molecule has 0 bridgehead atoms. The second kappa shape index (κ2) is 4.40. The van der Waals surface area contributed by atoms with E-state index in [0.29, 0.717) is 0 Å². The van der Waals surface area contributed by atoms with Crippen LogP contribution in [0.3, 0.4) is 0 Å². The van der Waals surface area contributed by atoms with Crippen molar-refractivity contribution in [2.45, 2.75) is 0 Å². The molecule has 2 N–H and O–H groups in total. The SMILES string of the molecule is CN=NN=C(N)c1cc(F)cc(F)c1. The van der Waals surface area contributed by atoms with Gasteiger partial charge in [-0.25, -0.2) is 8.78 Å². The van der Waals surface area contributed by atoms with Crippen LogP contribution in [0.1, 0.15) is 5.56 Å². The molecule has 0 unspecified atom stereocenters. The molecule has 0 saturated carbocycles. The van der Waals surface area contributed by atoms with E-state index in [9.17, 15) is 8.78 Å². The summed E-state index contributed by atoms with van der Waals surface area (Å²) >= 11 is 0. The van der Waals surface area contributed by atoms with Gasteiger partial charge in [-0.05, 0) is 17.4 Å². The summed E-state index contributed by atoms with van der Waals surface area (Å²) in [5, 5.41) is 9.98. The summed E-state index contributed by atoms with van der Waals surface area (Å²) in [6, 6.07) is 2.87. The van der Waals surface area contributed by atoms with Gasteiger partial charge >= 0.3 is 0 Å². The number of rotatable bonds is 2. The summed E-state index contributed by atoms with van der Waals surface area (Å²) < 4.78 is 25.4. The van der Waals surface area contributed by atoms with E-state index < -0.39 is 11.6 Å². The second-order valence-corrected chi connectivity index (χ2v) is 2.43. The van der Waals surface area contributed by atoms with Crippen LogP contribution in [0.25, 0.3) is 0 Å². The zero-order valence-electron chi connectivity index (χ0n) is 7.41. The molecule has 1 aromatic rings. The van der Waals surface area contributed by atoms with E-state index in [1.54, 1.807) is 0 Å². The minimum Gasteiger partial charge on any atom is -0.382 e. The van der Waals surface area contributed by atoms with Crippen LogP contribution in [0.15, 0.2) is 33.6 Å². The highest BCUT2D eigenvalue weighted by atomic mass is 19.1. The number of hydrogen-bond donors (Lipinski definition) is 1. The quantitative estimate of drug-likeness (QED) is 0.334. The smallest absolute Gasteiger partial charge is 0.155 e. The van der Waals surface area contributed by atoms with Gasteiger partial charge < -0.3 is 5.73 Å². The van der Waals surface area contributed by atoms with Gasteiger partial charge in [0, 0.05) is 11.6 Å². The van der Waals surface area contributed by atoms with Gasteiger partial charge in [-0.2, -0.15) is 5.11 Å². The number of benzene rings is 1. The Morgan fingerprint density at radius 1 is 1.21 bits per heavy atom. The molecule has 14 heavy (non-hydrogen) atoms. The van der Waals surface area contributed by atoms with Gasteiger partial charge in [0.2, 0.25) is 0 Å². The van der Waals surface area contributed by atoms with Crippen LogP contribution in [0, 0.1) is 11.6 Å². The zero-order chi connectivity index (χ0) is 10.6. The van der Waals surface area contributed by atoms with Gasteiger partial charge in [-0.15, -0.1) is 5.10 Å². The fraction of sp³-hybridized carbons (Fsp3) is 0.125. The fourth-order valence-electron chi connectivity index (χ4n) is 0.852. The molecule has 1 rings (SSSR count). The normalized spacial score (nSPS) is 12.4. The lowest BCUT2D eigenvalue weighted by molar-refractivity contribution is 0.583. The topological polar surface area (TPSA) is 63.1 Å². The first-order valence-corrected chi connectivity index (χ1v) is 3.72. The van der Waals surface area contributed by atoms with Gasteiger partial charge in [-0.1, -0.05) is 0 Å². The van der Waals surface area contributed by atoms with Crippen molar-refractivity contribution in [1.29, 1.82) is 0 Å². The molecule has 0 aliphatic carbocycles. The predicted octanol–water partition coefficient (Wildman–Crippen LogP) is 1.67. The maximum atomic E-state index is 12.7. The minimum atomic E-state index is -0.716. The van der Waals surface area contributed by atoms with Crippen molar-refractivity contribution in [3.8, 4) is 0 Å². The molecule has 1 aromatic carbocycles. The highest BCUT2D eigenvalue weighted by molar-refractivity contribution is 5.97. The van der Waals surface area contributed by atoms with E-state index in [0.717, 1.165) is 18.2 Å². The summed E-state index contributed by atoms with van der Waals surface area (Å²) in [4.78, 5) is 0. The average Bonchev–Trinajstić information content (AvgIpc) is 2.12. The first kappa shape index (κ1) is 10.2. The first-order chi connectivity index (χ1) is 6.63. The molecule has 0 atom stereocenters. The number of nitrogens with zero attached hydrogens (tertiary/aromatic N) is 3. The van der Waals surface area contributed by atoms with Crippen LogP contribution < -0.4 is 5.73 Å². The Kier molecular flexibility index (Phi) is 3.22. The Balaban J connectivity index is 3.06. The highest BCUT2D eigenvalue weighted by Crippen LogP contribution is 2.07. The van der Waals surface area contributed by atoms with Crippen molar-refractivity contribution in [2.75, 3.05) is 7.05 Å². The third-order valence-corrected chi connectivity index (χ3v) is 1.40. The summed E-state index contributed by atoms with van der Waals surface area (Å²) in [6.45, 7) is 0. The Hall–Kier alpha value is -1.85. The summed E-state index contributed by atoms with van der Waals surface area (Å²) in [5.41, 5.74) is 5.52. The standard InChI is InChI=1S/C8H8F2N4/c1-12-14-13-8(11)5-2-6(9)4-7(10)3-5/h2-4H,1H3,(H2,11,12,13). The highest BCUT2D eigenvalue weighted by Gasteiger charge is 2.03. The van der Waals surface area contributed by atoms with Crippen molar-refractivity contribution < 1.29 is 8.78 Å².